The lowest BCUT2D eigenvalue weighted by Gasteiger charge is -2.21. The standard InChI is InChI=1S/C15H20N2O5/c18-13(16-8-11-4-3-7-20-11)14(19)17-9-12-10-21-15(22-12)5-1-2-6-15/h3-4,7,12H,1-2,5-6,8-10H2,(H,16,18)(H,17,19)/t12-/m1/s1. The van der Waals surface area contributed by atoms with Crippen molar-refractivity contribution in [2.24, 2.45) is 0 Å². The lowest BCUT2D eigenvalue weighted by Crippen LogP contribution is -2.43. The van der Waals surface area contributed by atoms with Crippen molar-refractivity contribution >= 4 is 11.8 Å². The van der Waals surface area contributed by atoms with Crippen LogP contribution in [-0.2, 0) is 25.6 Å². The summed E-state index contributed by atoms with van der Waals surface area (Å²) in [6.45, 7) is 0.911. The maximum absolute atomic E-state index is 11.7. The maximum Gasteiger partial charge on any atom is 0.309 e. The summed E-state index contributed by atoms with van der Waals surface area (Å²) in [5.74, 6) is -1.22. The van der Waals surface area contributed by atoms with Crippen LogP contribution in [0.1, 0.15) is 31.4 Å². The normalized spacial score (nSPS) is 22.8. The average Bonchev–Trinajstić information content (AvgIpc) is 3.26. The fourth-order valence-corrected chi connectivity index (χ4v) is 2.84. The molecule has 1 spiro atoms. The van der Waals surface area contributed by atoms with E-state index in [4.69, 9.17) is 13.9 Å². The van der Waals surface area contributed by atoms with Crippen LogP contribution in [0.15, 0.2) is 22.8 Å². The van der Waals surface area contributed by atoms with E-state index in [1.807, 2.05) is 0 Å². The van der Waals surface area contributed by atoms with Crippen LogP contribution in [-0.4, -0.2) is 36.9 Å². The zero-order chi connectivity index (χ0) is 15.4. The number of hydrogen-bond donors (Lipinski definition) is 2. The molecule has 1 aliphatic heterocycles. The third-order valence-corrected chi connectivity index (χ3v) is 3.98. The highest BCUT2D eigenvalue weighted by Gasteiger charge is 2.43. The summed E-state index contributed by atoms with van der Waals surface area (Å²) in [4.78, 5) is 23.4. The molecular formula is C15H20N2O5. The van der Waals surface area contributed by atoms with Crippen molar-refractivity contribution in [3.05, 3.63) is 24.2 Å². The Hall–Kier alpha value is -1.86. The minimum atomic E-state index is -0.689. The fourth-order valence-electron chi connectivity index (χ4n) is 2.84. The first kappa shape index (κ1) is 15.1. The molecule has 1 aliphatic carbocycles. The van der Waals surface area contributed by atoms with Crippen LogP contribution in [0.3, 0.4) is 0 Å². The number of amides is 2. The molecule has 2 fully saturated rings. The highest BCUT2D eigenvalue weighted by atomic mass is 16.7. The molecule has 0 unspecified atom stereocenters. The summed E-state index contributed by atoms with van der Waals surface area (Å²) in [5, 5.41) is 5.07. The second-order valence-electron chi connectivity index (χ2n) is 5.64. The second-order valence-corrected chi connectivity index (χ2v) is 5.64. The van der Waals surface area contributed by atoms with Gasteiger partial charge in [-0.25, -0.2) is 0 Å². The molecule has 2 heterocycles. The predicted molar refractivity (Wildman–Crippen MR) is 75.6 cm³/mol. The molecule has 7 nitrogen and oxygen atoms in total. The molecule has 3 rings (SSSR count). The third kappa shape index (κ3) is 3.48. The molecule has 22 heavy (non-hydrogen) atoms. The van der Waals surface area contributed by atoms with Crippen LogP contribution in [0.5, 0.6) is 0 Å². The second kappa shape index (κ2) is 6.50. The Labute approximate surface area is 128 Å². The molecule has 1 saturated heterocycles. The van der Waals surface area contributed by atoms with Crippen LogP contribution >= 0.6 is 0 Å². The molecule has 1 aromatic heterocycles. The van der Waals surface area contributed by atoms with Gasteiger partial charge in [-0.2, -0.15) is 0 Å². The minimum Gasteiger partial charge on any atom is -0.467 e. The van der Waals surface area contributed by atoms with Crippen LogP contribution < -0.4 is 10.6 Å². The van der Waals surface area contributed by atoms with Crippen molar-refractivity contribution < 1.29 is 23.5 Å². The number of hydrogen-bond acceptors (Lipinski definition) is 5. The summed E-state index contributed by atoms with van der Waals surface area (Å²) >= 11 is 0. The molecule has 0 aromatic carbocycles. The summed E-state index contributed by atoms with van der Waals surface area (Å²) in [6.07, 6.45) is 5.34. The number of rotatable bonds is 4. The average molecular weight is 308 g/mol. The van der Waals surface area contributed by atoms with Gasteiger partial charge in [0.15, 0.2) is 5.79 Å². The van der Waals surface area contributed by atoms with Gasteiger partial charge in [-0.15, -0.1) is 0 Å². The largest absolute Gasteiger partial charge is 0.467 e. The van der Waals surface area contributed by atoms with Gasteiger partial charge in [-0.1, -0.05) is 0 Å². The molecule has 2 aliphatic rings. The van der Waals surface area contributed by atoms with E-state index in [-0.39, 0.29) is 19.2 Å². The van der Waals surface area contributed by atoms with Crippen molar-refractivity contribution in [1.82, 2.24) is 10.6 Å². The predicted octanol–water partition coefficient (Wildman–Crippen LogP) is 0.698. The molecule has 120 valence electrons. The molecule has 1 atom stereocenters. The smallest absolute Gasteiger partial charge is 0.309 e. The van der Waals surface area contributed by atoms with Crippen molar-refractivity contribution in [2.75, 3.05) is 13.2 Å². The number of nitrogens with one attached hydrogen (secondary N) is 2. The Bertz CT molecular complexity index is 522. The number of carbonyl (C=O) groups excluding carboxylic acids is 2. The molecule has 7 heteroatoms. The molecule has 1 saturated carbocycles. The van der Waals surface area contributed by atoms with Crippen molar-refractivity contribution in [3.63, 3.8) is 0 Å². The summed E-state index contributed by atoms with van der Waals surface area (Å²) in [6, 6.07) is 3.45. The highest BCUT2D eigenvalue weighted by molar-refractivity contribution is 6.35. The number of ether oxygens (including phenoxy) is 2. The summed E-state index contributed by atoms with van der Waals surface area (Å²) in [7, 11) is 0. The van der Waals surface area contributed by atoms with E-state index < -0.39 is 17.6 Å². The van der Waals surface area contributed by atoms with Gasteiger partial charge in [-0.05, 0) is 25.0 Å². The van der Waals surface area contributed by atoms with E-state index in [9.17, 15) is 9.59 Å². The van der Waals surface area contributed by atoms with Crippen LogP contribution in [0.4, 0.5) is 0 Å². The van der Waals surface area contributed by atoms with Crippen LogP contribution in [0.2, 0.25) is 0 Å². The first-order valence-corrected chi connectivity index (χ1v) is 7.57. The lowest BCUT2D eigenvalue weighted by molar-refractivity contribution is -0.161. The van der Waals surface area contributed by atoms with Gasteiger partial charge >= 0.3 is 11.8 Å². The van der Waals surface area contributed by atoms with E-state index in [0.717, 1.165) is 25.7 Å². The van der Waals surface area contributed by atoms with E-state index in [2.05, 4.69) is 10.6 Å². The van der Waals surface area contributed by atoms with Gasteiger partial charge in [0.25, 0.3) is 0 Å². The fraction of sp³-hybridized carbons (Fsp3) is 0.600. The Balaban J connectivity index is 1.38. The summed E-state index contributed by atoms with van der Waals surface area (Å²) < 4.78 is 16.7. The number of carbonyl (C=O) groups is 2. The SMILES string of the molecule is O=C(NCc1ccco1)C(=O)NC[C@@H]1COC2(CCCC2)O1. The Morgan fingerprint density at radius 2 is 2.00 bits per heavy atom. The Kier molecular flexibility index (Phi) is 4.44. The molecule has 0 radical (unpaired) electrons. The topological polar surface area (TPSA) is 89.8 Å². The zero-order valence-corrected chi connectivity index (χ0v) is 12.3. The van der Waals surface area contributed by atoms with Crippen LogP contribution in [0.25, 0.3) is 0 Å². The highest BCUT2D eigenvalue weighted by Crippen LogP contribution is 2.38. The van der Waals surface area contributed by atoms with Crippen molar-refractivity contribution in [2.45, 2.75) is 44.1 Å². The minimum absolute atomic E-state index is 0.186. The molecular weight excluding hydrogens is 288 g/mol. The van der Waals surface area contributed by atoms with Gasteiger partial charge < -0.3 is 24.5 Å². The van der Waals surface area contributed by atoms with Gasteiger partial charge in [0.05, 0.1) is 19.4 Å². The molecule has 2 amide bonds. The van der Waals surface area contributed by atoms with E-state index >= 15 is 0 Å². The quantitative estimate of drug-likeness (QED) is 0.799. The Morgan fingerprint density at radius 1 is 1.23 bits per heavy atom. The van der Waals surface area contributed by atoms with E-state index in [1.54, 1.807) is 12.1 Å². The monoisotopic (exact) mass is 308 g/mol. The van der Waals surface area contributed by atoms with Gasteiger partial charge in [0.1, 0.15) is 11.9 Å². The van der Waals surface area contributed by atoms with Gasteiger partial charge in [0, 0.05) is 19.4 Å². The molecule has 1 aromatic rings. The first-order valence-electron chi connectivity index (χ1n) is 7.57. The summed E-state index contributed by atoms with van der Waals surface area (Å²) in [5.41, 5.74) is 0. The van der Waals surface area contributed by atoms with E-state index in [1.165, 1.54) is 6.26 Å². The van der Waals surface area contributed by atoms with E-state index in [0.29, 0.717) is 12.4 Å². The van der Waals surface area contributed by atoms with Crippen LogP contribution in [0, 0.1) is 0 Å². The zero-order valence-electron chi connectivity index (χ0n) is 12.3. The molecule has 0 bridgehead atoms. The maximum atomic E-state index is 11.7. The third-order valence-electron chi connectivity index (χ3n) is 3.98. The van der Waals surface area contributed by atoms with Gasteiger partial charge in [0.2, 0.25) is 0 Å². The first-order chi connectivity index (χ1) is 10.7. The Morgan fingerprint density at radius 3 is 2.73 bits per heavy atom. The van der Waals surface area contributed by atoms with Gasteiger partial charge in [-0.3, -0.25) is 9.59 Å². The van der Waals surface area contributed by atoms with Crippen molar-refractivity contribution in [3.8, 4) is 0 Å². The lowest BCUT2D eigenvalue weighted by atomic mass is 10.2. The number of furan rings is 1. The molecule has 2 N–H and O–H groups in total. The van der Waals surface area contributed by atoms with Crippen molar-refractivity contribution in [1.29, 1.82) is 0 Å².